The Bertz CT molecular complexity index is 643. The van der Waals surface area contributed by atoms with Crippen LogP contribution in [0.1, 0.15) is 12.5 Å². The van der Waals surface area contributed by atoms with Gasteiger partial charge in [-0.05, 0) is 36.0 Å². The van der Waals surface area contributed by atoms with Crippen LogP contribution in [0.4, 0.5) is 0 Å². The van der Waals surface area contributed by atoms with Gasteiger partial charge in [0.05, 0.1) is 4.90 Å². The van der Waals surface area contributed by atoms with Crippen LogP contribution in [0.25, 0.3) is 0 Å². The molecular weight excluding hydrogens is 338 g/mol. The van der Waals surface area contributed by atoms with Crippen molar-refractivity contribution in [2.45, 2.75) is 18.7 Å². The predicted octanol–water partition coefficient (Wildman–Crippen LogP) is 3.47. The number of sulfonamides is 1. The van der Waals surface area contributed by atoms with Crippen molar-refractivity contribution in [3.8, 4) is 0 Å². The van der Waals surface area contributed by atoms with E-state index >= 15 is 0 Å². The molecule has 0 bridgehead atoms. The first-order valence-corrected chi connectivity index (χ1v) is 8.64. The van der Waals surface area contributed by atoms with Crippen LogP contribution in [0, 0.1) is 12.8 Å². The van der Waals surface area contributed by atoms with E-state index in [2.05, 4.69) is 22.5 Å². The molecule has 0 N–H and O–H groups in total. The molecule has 0 radical (unpaired) electrons. The fourth-order valence-corrected chi connectivity index (χ4v) is 4.19. The minimum atomic E-state index is -3.43. The van der Waals surface area contributed by atoms with E-state index in [9.17, 15) is 8.42 Å². The molecular formula is C15H18BrNO2S. The van der Waals surface area contributed by atoms with Crippen LogP contribution in [-0.2, 0) is 10.0 Å². The van der Waals surface area contributed by atoms with E-state index < -0.39 is 10.0 Å². The van der Waals surface area contributed by atoms with Crippen LogP contribution in [0.3, 0.4) is 0 Å². The van der Waals surface area contributed by atoms with Gasteiger partial charge in [0.15, 0.2) is 0 Å². The van der Waals surface area contributed by atoms with Crippen LogP contribution < -0.4 is 0 Å². The molecule has 0 amide bonds. The summed E-state index contributed by atoms with van der Waals surface area (Å²) in [6, 6.07) is 6.97. The maximum Gasteiger partial charge on any atom is 0.243 e. The minimum absolute atomic E-state index is 0.0783. The Morgan fingerprint density at radius 3 is 2.45 bits per heavy atom. The zero-order chi connectivity index (χ0) is 14.9. The molecule has 1 heterocycles. The number of nitrogens with zero attached hydrogens (tertiary/aromatic N) is 1. The van der Waals surface area contributed by atoms with Gasteiger partial charge < -0.3 is 0 Å². The minimum Gasteiger partial charge on any atom is -0.207 e. The molecule has 3 nitrogen and oxygen atoms in total. The molecule has 5 heteroatoms. The van der Waals surface area contributed by atoms with Crippen molar-refractivity contribution < 1.29 is 8.42 Å². The molecule has 108 valence electrons. The van der Waals surface area contributed by atoms with E-state index in [0.29, 0.717) is 18.0 Å². The molecule has 20 heavy (non-hydrogen) atoms. The highest BCUT2D eigenvalue weighted by atomic mass is 79.9. The smallest absolute Gasteiger partial charge is 0.207 e. The monoisotopic (exact) mass is 355 g/mol. The molecule has 1 fully saturated rings. The highest BCUT2D eigenvalue weighted by Crippen LogP contribution is 2.32. The van der Waals surface area contributed by atoms with Crippen LogP contribution >= 0.6 is 15.9 Å². The van der Waals surface area contributed by atoms with E-state index in [1.807, 2.05) is 32.1 Å². The second-order valence-corrected chi connectivity index (χ2v) is 8.14. The number of allylic oxidation sites excluding steroid dienone is 1. The Hall–Kier alpha value is -0.910. The summed E-state index contributed by atoms with van der Waals surface area (Å²) in [6.07, 6.45) is 1.81. The summed E-state index contributed by atoms with van der Waals surface area (Å²) in [5, 5.41) is 0. The molecule has 1 aliphatic heterocycles. The zero-order valence-corrected chi connectivity index (χ0v) is 14.0. The predicted molar refractivity (Wildman–Crippen MR) is 85.3 cm³/mol. The molecule has 1 aromatic carbocycles. The molecule has 1 aromatic rings. The summed E-state index contributed by atoms with van der Waals surface area (Å²) in [5.74, 6) is 0.0783. The molecule has 1 atom stereocenters. The van der Waals surface area contributed by atoms with E-state index in [1.165, 1.54) is 4.31 Å². The lowest BCUT2D eigenvalue weighted by Crippen LogP contribution is -2.28. The topological polar surface area (TPSA) is 37.4 Å². The van der Waals surface area contributed by atoms with Crippen molar-refractivity contribution >= 4 is 26.0 Å². The van der Waals surface area contributed by atoms with Gasteiger partial charge in [0.25, 0.3) is 0 Å². The lowest BCUT2D eigenvalue weighted by atomic mass is 10.0. The number of benzene rings is 1. The highest BCUT2D eigenvalue weighted by molar-refractivity contribution is 9.11. The summed E-state index contributed by atoms with van der Waals surface area (Å²) < 4.78 is 27.8. The van der Waals surface area contributed by atoms with Crippen molar-refractivity contribution in [3.05, 3.63) is 52.5 Å². The lowest BCUT2D eigenvalue weighted by molar-refractivity contribution is 0.471. The van der Waals surface area contributed by atoms with Gasteiger partial charge >= 0.3 is 0 Å². The fraction of sp³-hybridized carbons (Fsp3) is 0.333. The molecule has 1 aliphatic rings. The molecule has 1 unspecified atom stereocenters. The Labute approximate surface area is 129 Å². The van der Waals surface area contributed by atoms with Gasteiger partial charge in [-0.3, -0.25) is 0 Å². The lowest BCUT2D eigenvalue weighted by Gasteiger charge is -2.15. The Morgan fingerprint density at radius 2 is 2.00 bits per heavy atom. The fourth-order valence-electron chi connectivity index (χ4n) is 2.32. The number of aryl methyl sites for hydroxylation is 1. The van der Waals surface area contributed by atoms with Gasteiger partial charge in [-0.15, -0.1) is 6.58 Å². The van der Waals surface area contributed by atoms with Gasteiger partial charge in [-0.25, -0.2) is 8.42 Å². The number of hydrogen-bond acceptors (Lipinski definition) is 2. The second-order valence-electron chi connectivity index (χ2n) is 5.01. The normalized spacial score (nSPS) is 22.9. The molecule has 2 rings (SSSR count). The van der Waals surface area contributed by atoms with Gasteiger partial charge in [0.1, 0.15) is 0 Å². The SMILES string of the molecule is C=CC1CN(S(=O)(=O)c2ccc(C)cc2)C/C1=C(\C)Br. The maximum atomic E-state index is 12.6. The Balaban J connectivity index is 2.35. The van der Waals surface area contributed by atoms with Crippen LogP contribution in [0.2, 0.25) is 0 Å². The van der Waals surface area contributed by atoms with Gasteiger partial charge in [0, 0.05) is 19.0 Å². The molecule has 1 saturated heterocycles. The van der Waals surface area contributed by atoms with Gasteiger partial charge in [-0.1, -0.05) is 39.7 Å². The summed E-state index contributed by atoms with van der Waals surface area (Å²) in [6.45, 7) is 8.55. The van der Waals surface area contributed by atoms with E-state index in [-0.39, 0.29) is 5.92 Å². The van der Waals surface area contributed by atoms with Crippen molar-refractivity contribution in [1.29, 1.82) is 0 Å². The van der Waals surface area contributed by atoms with E-state index in [0.717, 1.165) is 15.6 Å². The zero-order valence-electron chi connectivity index (χ0n) is 11.6. The largest absolute Gasteiger partial charge is 0.243 e. The van der Waals surface area contributed by atoms with E-state index in [1.54, 1.807) is 12.1 Å². The average molecular weight is 356 g/mol. The summed E-state index contributed by atoms with van der Waals surface area (Å²) >= 11 is 3.45. The first-order chi connectivity index (χ1) is 9.36. The third kappa shape index (κ3) is 2.90. The summed E-state index contributed by atoms with van der Waals surface area (Å²) in [4.78, 5) is 0.347. The second kappa shape index (κ2) is 5.84. The molecule has 0 spiro atoms. The van der Waals surface area contributed by atoms with Crippen LogP contribution in [0.5, 0.6) is 0 Å². The van der Waals surface area contributed by atoms with Gasteiger partial charge in [-0.2, -0.15) is 4.31 Å². The first-order valence-electron chi connectivity index (χ1n) is 6.40. The number of hydrogen-bond donors (Lipinski definition) is 0. The van der Waals surface area contributed by atoms with Crippen LogP contribution in [-0.4, -0.2) is 25.8 Å². The Kier molecular flexibility index (Phi) is 4.52. The van der Waals surface area contributed by atoms with E-state index in [4.69, 9.17) is 0 Å². The van der Waals surface area contributed by atoms with Crippen molar-refractivity contribution in [2.75, 3.05) is 13.1 Å². The first kappa shape index (κ1) is 15.5. The molecule has 0 aliphatic carbocycles. The van der Waals surface area contributed by atoms with Crippen molar-refractivity contribution in [2.24, 2.45) is 5.92 Å². The molecule has 0 saturated carbocycles. The maximum absolute atomic E-state index is 12.6. The highest BCUT2D eigenvalue weighted by Gasteiger charge is 2.35. The van der Waals surface area contributed by atoms with Crippen molar-refractivity contribution in [1.82, 2.24) is 4.31 Å². The van der Waals surface area contributed by atoms with Crippen molar-refractivity contribution in [3.63, 3.8) is 0 Å². The quantitative estimate of drug-likeness (QED) is 0.778. The summed E-state index contributed by atoms with van der Waals surface area (Å²) in [7, 11) is -3.43. The van der Waals surface area contributed by atoms with Gasteiger partial charge in [0.2, 0.25) is 10.0 Å². The summed E-state index contributed by atoms with van der Waals surface area (Å²) in [5.41, 5.74) is 2.13. The average Bonchev–Trinajstić information content (AvgIpc) is 2.84. The van der Waals surface area contributed by atoms with Crippen LogP contribution in [0.15, 0.2) is 51.9 Å². The standard InChI is InChI=1S/C15H18BrNO2S/c1-4-13-9-17(10-15(13)12(3)16)20(18,19)14-7-5-11(2)6-8-14/h4-8,13H,1,9-10H2,2-3H3/b15-12-. The Morgan fingerprint density at radius 1 is 1.40 bits per heavy atom. The number of halogens is 1. The number of rotatable bonds is 3. The third-order valence-electron chi connectivity index (χ3n) is 3.58. The third-order valence-corrected chi connectivity index (χ3v) is 5.92. The molecule has 0 aromatic heterocycles.